The molecule has 5 nitrogen and oxygen atoms in total. The molecular weight excluding hydrogens is 318 g/mol. The second kappa shape index (κ2) is 5.05. The Kier molecular flexibility index (Phi) is 3.23. The van der Waals surface area contributed by atoms with E-state index >= 15 is 0 Å². The van der Waals surface area contributed by atoms with E-state index in [1.54, 1.807) is 12.4 Å². The summed E-state index contributed by atoms with van der Waals surface area (Å²) in [5.41, 5.74) is 9.46. The van der Waals surface area contributed by atoms with E-state index in [-0.39, 0.29) is 0 Å². The number of nitrogens with two attached hydrogens (primary N) is 1. The molecule has 0 radical (unpaired) electrons. The Morgan fingerprint density at radius 1 is 1.15 bits per heavy atom. The summed E-state index contributed by atoms with van der Waals surface area (Å²) < 4.78 is 0.890. The van der Waals surface area contributed by atoms with Crippen molar-refractivity contribution in [1.29, 1.82) is 0 Å². The van der Waals surface area contributed by atoms with E-state index in [0.717, 1.165) is 26.9 Å². The molecule has 0 saturated carbocycles. The summed E-state index contributed by atoms with van der Waals surface area (Å²) in [6, 6.07) is 7.74. The number of hydrogen-bond donors (Lipinski definition) is 2. The van der Waals surface area contributed by atoms with Crippen LogP contribution in [0.5, 0.6) is 0 Å². The first-order valence-corrected chi connectivity index (χ1v) is 6.82. The van der Waals surface area contributed by atoms with E-state index in [0.29, 0.717) is 11.6 Å². The van der Waals surface area contributed by atoms with Gasteiger partial charge < -0.3 is 5.73 Å². The molecule has 0 saturated heterocycles. The first-order chi connectivity index (χ1) is 9.63. The SMILES string of the molecule is Cc1ccc(-c2nc(-c3cncc(Br)c3)n[nH]2)cc1N. The summed E-state index contributed by atoms with van der Waals surface area (Å²) >= 11 is 3.38. The van der Waals surface area contributed by atoms with Gasteiger partial charge in [-0.1, -0.05) is 12.1 Å². The third kappa shape index (κ3) is 2.42. The lowest BCUT2D eigenvalue weighted by molar-refractivity contribution is 1.10. The molecule has 0 amide bonds. The predicted octanol–water partition coefficient (Wildman–Crippen LogP) is 3.19. The highest BCUT2D eigenvalue weighted by atomic mass is 79.9. The Morgan fingerprint density at radius 2 is 2.00 bits per heavy atom. The van der Waals surface area contributed by atoms with Crippen molar-refractivity contribution in [3.8, 4) is 22.8 Å². The van der Waals surface area contributed by atoms with Crippen molar-refractivity contribution in [3.63, 3.8) is 0 Å². The number of anilines is 1. The second-order valence-electron chi connectivity index (χ2n) is 4.47. The number of pyridine rings is 1. The minimum absolute atomic E-state index is 0.605. The number of hydrogen-bond acceptors (Lipinski definition) is 4. The van der Waals surface area contributed by atoms with Gasteiger partial charge in [0.05, 0.1) is 0 Å². The highest BCUT2D eigenvalue weighted by Gasteiger charge is 2.09. The topological polar surface area (TPSA) is 80.5 Å². The van der Waals surface area contributed by atoms with Crippen LogP contribution >= 0.6 is 15.9 Å². The zero-order chi connectivity index (χ0) is 14.1. The van der Waals surface area contributed by atoms with Gasteiger partial charge in [-0.25, -0.2) is 4.98 Å². The Hall–Kier alpha value is -2.21. The van der Waals surface area contributed by atoms with E-state index in [4.69, 9.17) is 5.73 Å². The van der Waals surface area contributed by atoms with Gasteiger partial charge in [-0.2, -0.15) is 5.10 Å². The number of nitrogens with one attached hydrogen (secondary N) is 1. The molecule has 100 valence electrons. The zero-order valence-corrected chi connectivity index (χ0v) is 12.3. The van der Waals surface area contributed by atoms with E-state index in [1.165, 1.54) is 0 Å². The monoisotopic (exact) mass is 329 g/mol. The number of nitrogen functional groups attached to an aromatic ring is 1. The van der Waals surface area contributed by atoms with Crippen LogP contribution in [-0.2, 0) is 0 Å². The lowest BCUT2D eigenvalue weighted by atomic mass is 10.1. The van der Waals surface area contributed by atoms with Crippen LogP contribution in [0, 0.1) is 6.92 Å². The summed E-state index contributed by atoms with van der Waals surface area (Å²) in [5, 5.41) is 7.15. The van der Waals surface area contributed by atoms with Crippen molar-refractivity contribution in [3.05, 3.63) is 46.7 Å². The highest BCUT2D eigenvalue weighted by Crippen LogP contribution is 2.24. The normalized spacial score (nSPS) is 10.7. The molecule has 6 heteroatoms. The summed E-state index contributed by atoms with van der Waals surface area (Å²) in [6.07, 6.45) is 3.44. The molecule has 0 aliphatic carbocycles. The number of aromatic amines is 1. The van der Waals surface area contributed by atoms with Gasteiger partial charge in [0, 0.05) is 33.7 Å². The van der Waals surface area contributed by atoms with Crippen LogP contribution in [0.2, 0.25) is 0 Å². The van der Waals surface area contributed by atoms with Crippen LogP contribution in [0.15, 0.2) is 41.1 Å². The van der Waals surface area contributed by atoms with Gasteiger partial charge in [0.1, 0.15) is 0 Å². The van der Waals surface area contributed by atoms with Gasteiger partial charge in [0.15, 0.2) is 11.6 Å². The largest absolute Gasteiger partial charge is 0.398 e. The van der Waals surface area contributed by atoms with Crippen LogP contribution in [0.1, 0.15) is 5.56 Å². The number of rotatable bonds is 2. The van der Waals surface area contributed by atoms with E-state index in [2.05, 4.69) is 36.1 Å². The Labute approximate surface area is 124 Å². The molecule has 0 unspecified atom stereocenters. The summed E-state index contributed by atoms with van der Waals surface area (Å²) in [5.74, 6) is 1.29. The third-order valence-corrected chi connectivity index (χ3v) is 3.43. The fraction of sp³-hybridized carbons (Fsp3) is 0.0714. The van der Waals surface area contributed by atoms with Crippen molar-refractivity contribution in [2.75, 3.05) is 5.73 Å². The standard InChI is InChI=1S/C14H12BrN5/c1-8-2-3-9(5-12(8)16)13-18-14(20-19-13)10-4-11(15)7-17-6-10/h2-7H,16H2,1H3,(H,18,19,20). The molecule has 3 N–H and O–H groups in total. The van der Waals surface area contributed by atoms with Gasteiger partial charge in [-0.15, -0.1) is 0 Å². The van der Waals surface area contributed by atoms with Gasteiger partial charge in [-0.05, 0) is 40.5 Å². The van der Waals surface area contributed by atoms with Crippen LogP contribution in [-0.4, -0.2) is 20.2 Å². The molecule has 1 aromatic carbocycles. The lowest BCUT2D eigenvalue weighted by Crippen LogP contribution is -1.90. The number of nitrogens with zero attached hydrogens (tertiary/aromatic N) is 3. The maximum Gasteiger partial charge on any atom is 0.183 e. The third-order valence-electron chi connectivity index (χ3n) is 3.00. The summed E-state index contributed by atoms with van der Waals surface area (Å²) in [4.78, 5) is 8.59. The quantitative estimate of drug-likeness (QED) is 0.707. The van der Waals surface area contributed by atoms with E-state index in [1.807, 2.05) is 31.2 Å². The Balaban J connectivity index is 1.99. The molecule has 0 aliphatic heterocycles. The molecule has 20 heavy (non-hydrogen) atoms. The molecule has 0 fully saturated rings. The average Bonchev–Trinajstić information content (AvgIpc) is 2.92. The van der Waals surface area contributed by atoms with Crippen LogP contribution in [0.4, 0.5) is 5.69 Å². The van der Waals surface area contributed by atoms with Crippen molar-refractivity contribution in [1.82, 2.24) is 20.2 Å². The Bertz CT molecular complexity index is 766. The minimum Gasteiger partial charge on any atom is -0.398 e. The van der Waals surface area contributed by atoms with Crippen molar-refractivity contribution >= 4 is 21.6 Å². The maximum atomic E-state index is 5.92. The minimum atomic E-state index is 0.605. The van der Waals surface area contributed by atoms with E-state index in [9.17, 15) is 0 Å². The molecule has 2 heterocycles. The van der Waals surface area contributed by atoms with Crippen LogP contribution in [0.25, 0.3) is 22.8 Å². The molecule has 3 rings (SSSR count). The average molecular weight is 330 g/mol. The molecule has 0 aliphatic rings. The summed E-state index contributed by atoms with van der Waals surface area (Å²) in [7, 11) is 0. The van der Waals surface area contributed by atoms with Crippen LogP contribution in [0.3, 0.4) is 0 Å². The van der Waals surface area contributed by atoms with E-state index < -0.39 is 0 Å². The summed E-state index contributed by atoms with van der Waals surface area (Å²) in [6.45, 7) is 1.97. The number of halogens is 1. The number of benzene rings is 1. The lowest BCUT2D eigenvalue weighted by Gasteiger charge is -2.01. The highest BCUT2D eigenvalue weighted by molar-refractivity contribution is 9.10. The first-order valence-electron chi connectivity index (χ1n) is 6.03. The van der Waals surface area contributed by atoms with Crippen molar-refractivity contribution in [2.45, 2.75) is 6.92 Å². The molecule has 2 aromatic heterocycles. The number of H-pyrrole nitrogens is 1. The molecule has 3 aromatic rings. The molecular formula is C14H12BrN5. The number of aryl methyl sites for hydroxylation is 1. The van der Waals surface area contributed by atoms with Gasteiger partial charge >= 0.3 is 0 Å². The smallest absolute Gasteiger partial charge is 0.183 e. The van der Waals surface area contributed by atoms with Gasteiger partial charge in [0.25, 0.3) is 0 Å². The molecule has 0 bridgehead atoms. The van der Waals surface area contributed by atoms with Crippen molar-refractivity contribution < 1.29 is 0 Å². The second-order valence-corrected chi connectivity index (χ2v) is 5.39. The van der Waals surface area contributed by atoms with Gasteiger partial charge in [-0.3, -0.25) is 10.1 Å². The maximum absolute atomic E-state index is 5.92. The predicted molar refractivity (Wildman–Crippen MR) is 81.9 cm³/mol. The molecule has 0 spiro atoms. The fourth-order valence-corrected chi connectivity index (χ4v) is 2.21. The van der Waals surface area contributed by atoms with Crippen molar-refractivity contribution in [2.24, 2.45) is 0 Å². The number of aromatic nitrogens is 4. The zero-order valence-electron chi connectivity index (χ0n) is 10.8. The molecule has 0 atom stereocenters. The fourth-order valence-electron chi connectivity index (χ4n) is 1.84. The van der Waals surface area contributed by atoms with Crippen LogP contribution < -0.4 is 5.73 Å². The van der Waals surface area contributed by atoms with Gasteiger partial charge in [0.2, 0.25) is 0 Å². The first kappa shape index (κ1) is 12.8. The Morgan fingerprint density at radius 3 is 2.75 bits per heavy atom.